The molecule has 0 saturated heterocycles. The van der Waals surface area contributed by atoms with Crippen molar-refractivity contribution in [3.8, 4) is 22.9 Å². The van der Waals surface area contributed by atoms with Gasteiger partial charge in [0, 0.05) is 22.9 Å². The van der Waals surface area contributed by atoms with Crippen LogP contribution < -0.4 is 10.5 Å². The van der Waals surface area contributed by atoms with E-state index in [2.05, 4.69) is 28.8 Å². The average molecular weight is 431 g/mol. The second kappa shape index (κ2) is 8.18. The van der Waals surface area contributed by atoms with Crippen LogP contribution in [0.25, 0.3) is 32.9 Å². The molecule has 0 radical (unpaired) electrons. The lowest BCUT2D eigenvalue weighted by atomic mass is 10.0. The zero-order chi connectivity index (χ0) is 22.9. The summed E-state index contributed by atoms with van der Waals surface area (Å²) in [6.07, 6.45) is 0. The van der Waals surface area contributed by atoms with Crippen molar-refractivity contribution in [1.29, 1.82) is 5.26 Å². The number of aromatic nitrogens is 1. The van der Waals surface area contributed by atoms with Crippen LogP contribution in [0.1, 0.15) is 21.5 Å². The van der Waals surface area contributed by atoms with Crippen molar-refractivity contribution < 1.29 is 9.53 Å². The molecule has 0 bridgehead atoms. The van der Waals surface area contributed by atoms with Gasteiger partial charge in [-0.3, -0.25) is 4.79 Å². The minimum Gasteiger partial charge on any atom is -0.497 e. The number of nitrogens with two attached hydrogens (primary N) is 1. The topological polar surface area (TPSA) is 81.0 Å². The number of primary amides is 1. The van der Waals surface area contributed by atoms with E-state index in [0.29, 0.717) is 17.7 Å². The number of carbonyl (C=O) groups is 1. The van der Waals surface area contributed by atoms with Gasteiger partial charge in [0.1, 0.15) is 5.75 Å². The third kappa shape index (κ3) is 3.58. The number of nitrogens with zero attached hydrogens (tertiary/aromatic N) is 2. The quantitative estimate of drug-likeness (QED) is 0.400. The Bertz CT molecular complexity index is 1540. The highest BCUT2D eigenvalue weighted by molar-refractivity contribution is 6.18. The van der Waals surface area contributed by atoms with Gasteiger partial charge in [-0.2, -0.15) is 5.26 Å². The van der Waals surface area contributed by atoms with E-state index in [1.54, 1.807) is 13.2 Å². The molecule has 4 aromatic carbocycles. The Morgan fingerprint density at radius 2 is 1.67 bits per heavy atom. The molecule has 0 fully saturated rings. The van der Waals surface area contributed by atoms with Crippen LogP contribution in [-0.2, 0) is 6.54 Å². The first-order valence-corrected chi connectivity index (χ1v) is 10.6. The number of nitriles is 1. The van der Waals surface area contributed by atoms with Crippen molar-refractivity contribution in [1.82, 2.24) is 4.57 Å². The molecular weight excluding hydrogens is 410 g/mol. The number of amides is 1. The van der Waals surface area contributed by atoms with Crippen molar-refractivity contribution >= 4 is 27.7 Å². The Labute approximate surface area is 191 Å². The molecule has 0 spiro atoms. The Balaban J connectivity index is 1.74. The molecule has 5 nitrogen and oxygen atoms in total. The van der Waals surface area contributed by atoms with E-state index in [1.807, 2.05) is 60.7 Å². The first kappa shape index (κ1) is 20.3. The maximum atomic E-state index is 12.2. The minimum absolute atomic E-state index is 0.447. The van der Waals surface area contributed by atoms with Gasteiger partial charge in [0.05, 0.1) is 29.8 Å². The molecule has 5 heteroatoms. The summed E-state index contributed by atoms with van der Waals surface area (Å²) in [7, 11) is 1.65. The average Bonchev–Trinajstić information content (AvgIpc) is 3.17. The van der Waals surface area contributed by atoms with Crippen LogP contribution in [0.2, 0.25) is 0 Å². The molecule has 0 aliphatic heterocycles. The summed E-state index contributed by atoms with van der Waals surface area (Å²) in [5.74, 6) is 0.359. The van der Waals surface area contributed by atoms with Gasteiger partial charge in [0.2, 0.25) is 5.91 Å². The summed E-state index contributed by atoms with van der Waals surface area (Å²) in [5.41, 5.74) is 12.0. The molecule has 0 unspecified atom stereocenters. The lowest BCUT2D eigenvalue weighted by Crippen LogP contribution is -2.11. The number of benzene rings is 4. The van der Waals surface area contributed by atoms with Crippen molar-refractivity contribution in [2.45, 2.75) is 6.54 Å². The summed E-state index contributed by atoms with van der Waals surface area (Å²) in [4.78, 5) is 12.2. The maximum absolute atomic E-state index is 12.2. The van der Waals surface area contributed by atoms with Gasteiger partial charge in [-0.1, -0.05) is 42.5 Å². The third-order valence-corrected chi connectivity index (χ3v) is 6.00. The van der Waals surface area contributed by atoms with E-state index in [9.17, 15) is 4.79 Å². The van der Waals surface area contributed by atoms with Crippen LogP contribution in [-0.4, -0.2) is 17.6 Å². The summed E-state index contributed by atoms with van der Waals surface area (Å²) >= 11 is 0. The molecule has 5 aromatic rings. The Hall–Kier alpha value is -4.56. The van der Waals surface area contributed by atoms with Crippen LogP contribution in [0.15, 0.2) is 84.9 Å². The van der Waals surface area contributed by atoms with Crippen LogP contribution in [0, 0.1) is 11.3 Å². The van der Waals surface area contributed by atoms with Gasteiger partial charge < -0.3 is 15.0 Å². The van der Waals surface area contributed by atoms with Gasteiger partial charge in [0.15, 0.2) is 0 Å². The van der Waals surface area contributed by atoms with Crippen molar-refractivity contribution in [3.63, 3.8) is 0 Å². The molecule has 0 saturated carbocycles. The van der Waals surface area contributed by atoms with E-state index in [0.717, 1.165) is 44.2 Å². The number of fused-ring (bicyclic) bond motifs is 3. The van der Waals surface area contributed by atoms with Crippen LogP contribution in [0.4, 0.5) is 0 Å². The predicted octanol–water partition coefficient (Wildman–Crippen LogP) is 5.49. The van der Waals surface area contributed by atoms with E-state index in [4.69, 9.17) is 15.7 Å². The SMILES string of the molecule is COc1ccc(-c2ccc3c4c(C(N)=O)cccc4n(Cc4ccc(C#N)cc4)c3c2)cc1. The fourth-order valence-electron chi connectivity index (χ4n) is 4.35. The second-order valence-electron chi connectivity index (χ2n) is 7.92. The van der Waals surface area contributed by atoms with Crippen LogP contribution >= 0.6 is 0 Å². The molecule has 1 aromatic heterocycles. The molecule has 2 N–H and O–H groups in total. The molecule has 1 amide bonds. The second-order valence-corrected chi connectivity index (χ2v) is 7.92. The number of rotatable bonds is 5. The normalized spacial score (nSPS) is 10.9. The molecule has 1 heterocycles. The van der Waals surface area contributed by atoms with Gasteiger partial charge >= 0.3 is 0 Å². The molecule has 0 aliphatic rings. The Morgan fingerprint density at radius 3 is 2.33 bits per heavy atom. The Morgan fingerprint density at radius 1 is 0.939 bits per heavy atom. The highest BCUT2D eigenvalue weighted by Gasteiger charge is 2.17. The fourth-order valence-corrected chi connectivity index (χ4v) is 4.35. The number of hydrogen-bond acceptors (Lipinski definition) is 3. The molecule has 5 rings (SSSR count). The fraction of sp³-hybridized carbons (Fsp3) is 0.0714. The largest absolute Gasteiger partial charge is 0.497 e. The highest BCUT2D eigenvalue weighted by Crippen LogP contribution is 2.35. The number of ether oxygens (including phenoxy) is 1. The first-order chi connectivity index (χ1) is 16.1. The van der Waals surface area contributed by atoms with Crippen molar-refractivity contribution in [2.24, 2.45) is 5.73 Å². The van der Waals surface area contributed by atoms with Gasteiger partial charge in [-0.25, -0.2) is 0 Å². The lowest BCUT2D eigenvalue weighted by molar-refractivity contribution is 0.100. The van der Waals surface area contributed by atoms with Crippen LogP contribution in [0.3, 0.4) is 0 Å². The molecule has 0 aliphatic carbocycles. The molecule has 33 heavy (non-hydrogen) atoms. The van der Waals surface area contributed by atoms with Crippen molar-refractivity contribution in [2.75, 3.05) is 7.11 Å². The van der Waals surface area contributed by atoms with Gasteiger partial charge in [0.25, 0.3) is 0 Å². The third-order valence-electron chi connectivity index (χ3n) is 6.00. The number of hydrogen-bond donors (Lipinski definition) is 1. The zero-order valence-electron chi connectivity index (χ0n) is 18.1. The zero-order valence-corrected chi connectivity index (χ0v) is 18.1. The lowest BCUT2D eigenvalue weighted by Gasteiger charge is -2.10. The summed E-state index contributed by atoms with van der Waals surface area (Å²) in [6, 6.07) is 29.6. The maximum Gasteiger partial charge on any atom is 0.249 e. The van der Waals surface area contributed by atoms with Gasteiger partial charge in [-0.05, 0) is 59.2 Å². The molecule has 0 atom stereocenters. The standard InChI is InChI=1S/C28H21N3O2/c1-33-22-12-9-20(10-13-22)21-11-14-23-26(15-21)31(17-19-7-5-18(16-29)6-8-19)25-4-2-3-24(27(23)25)28(30)32/h2-15H,17H2,1H3,(H2,30,32). The number of carbonyl (C=O) groups excluding carboxylic acids is 1. The van der Waals surface area contributed by atoms with E-state index >= 15 is 0 Å². The summed E-state index contributed by atoms with van der Waals surface area (Å²) < 4.78 is 7.48. The van der Waals surface area contributed by atoms with E-state index in [-0.39, 0.29) is 0 Å². The molecule has 160 valence electrons. The first-order valence-electron chi connectivity index (χ1n) is 10.6. The summed E-state index contributed by atoms with van der Waals surface area (Å²) in [6.45, 7) is 0.597. The van der Waals surface area contributed by atoms with Crippen molar-refractivity contribution in [3.05, 3.63) is 102 Å². The number of methoxy groups -OCH3 is 1. The van der Waals surface area contributed by atoms with Gasteiger partial charge in [-0.15, -0.1) is 0 Å². The smallest absolute Gasteiger partial charge is 0.249 e. The molecular formula is C28H21N3O2. The monoisotopic (exact) mass is 431 g/mol. The highest BCUT2D eigenvalue weighted by atomic mass is 16.5. The minimum atomic E-state index is -0.447. The van der Waals surface area contributed by atoms with Crippen LogP contribution in [0.5, 0.6) is 5.75 Å². The Kier molecular flexibility index (Phi) is 5.04. The summed E-state index contributed by atoms with van der Waals surface area (Å²) in [5, 5.41) is 10.9. The van der Waals surface area contributed by atoms with E-state index < -0.39 is 5.91 Å². The predicted molar refractivity (Wildman–Crippen MR) is 130 cm³/mol. The van der Waals surface area contributed by atoms with E-state index in [1.165, 1.54) is 0 Å².